The minimum atomic E-state index is -0.900. The number of fused-ring (bicyclic) bond motifs is 1. The van der Waals surface area contributed by atoms with Gasteiger partial charge in [0.2, 0.25) is 11.8 Å². The summed E-state index contributed by atoms with van der Waals surface area (Å²) in [6.45, 7) is 14.3. The Morgan fingerprint density at radius 3 is 2.24 bits per heavy atom. The molecule has 0 bridgehead atoms. The van der Waals surface area contributed by atoms with Gasteiger partial charge in [-0.1, -0.05) is 48.5 Å². The van der Waals surface area contributed by atoms with Crippen LogP contribution in [0.3, 0.4) is 0 Å². The highest BCUT2D eigenvalue weighted by atomic mass is 35.5. The largest absolute Gasteiger partial charge is 0.495 e. The molecule has 0 atom stereocenters. The second-order valence-corrected chi connectivity index (χ2v) is 13.0. The van der Waals surface area contributed by atoms with E-state index in [1.54, 1.807) is 58.0 Å². The fourth-order valence-corrected chi connectivity index (χ4v) is 5.98. The molecule has 4 rings (SSSR count). The Hall–Kier alpha value is -5.33. The number of benzene rings is 2. The van der Waals surface area contributed by atoms with Crippen LogP contribution in [0.5, 0.6) is 11.5 Å². The number of hydrogen-bond acceptors (Lipinski definition) is 8. The maximum atomic E-state index is 14.5. The average Bonchev–Trinajstić information content (AvgIpc) is 3.08. The normalized spacial score (nSPS) is 11.1. The number of anilines is 3. The van der Waals surface area contributed by atoms with Crippen LogP contribution in [0, 0.1) is 6.92 Å². The lowest BCUT2D eigenvalue weighted by Crippen LogP contribution is -2.35. The van der Waals surface area contributed by atoms with E-state index in [0.717, 1.165) is 12.2 Å². The minimum Gasteiger partial charge on any atom is -0.495 e. The van der Waals surface area contributed by atoms with Gasteiger partial charge in [-0.25, -0.2) is 14.7 Å². The molecule has 0 unspecified atom stereocenters. The van der Waals surface area contributed by atoms with Crippen molar-refractivity contribution in [3.63, 3.8) is 0 Å². The van der Waals surface area contributed by atoms with E-state index in [-0.39, 0.29) is 57.5 Å². The van der Waals surface area contributed by atoms with Crippen molar-refractivity contribution in [2.45, 2.75) is 46.3 Å². The Balaban J connectivity index is 2.04. The molecule has 0 saturated carbocycles. The summed E-state index contributed by atoms with van der Waals surface area (Å²) in [5.74, 6) is -0.274. The van der Waals surface area contributed by atoms with Crippen LogP contribution in [0.4, 0.5) is 22.0 Å². The van der Waals surface area contributed by atoms with E-state index >= 15 is 0 Å². The topological polar surface area (TPSA) is 141 Å². The second kappa shape index (κ2) is 16.1. The molecule has 2 aromatic heterocycles. The molecule has 0 aliphatic rings. The number of pyridine rings is 2. The first kappa shape index (κ1) is 38.5. The highest BCUT2D eigenvalue weighted by molar-refractivity contribution is 6.41. The minimum absolute atomic E-state index is 0.0962. The number of carbonyl (C=O) groups excluding carboxylic acids is 3. The van der Waals surface area contributed by atoms with E-state index in [1.807, 2.05) is 0 Å². The molecule has 0 aliphatic carbocycles. The molecule has 0 fully saturated rings. The van der Waals surface area contributed by atoms with E-state index in [1.165, 1.54) is 35.9 Å². The van der Waals surface area contributed by atoms with Crippen LogP contribution in [-0.4, -0.2) is 53.8 Å². The third-order valence-corrected chi connectivity index (χ3v) is 8.31. The summed E-state index contributed by atoms with van der Waals surface area (Å²) in [4.78, 5) is 58.7. The number of aromatic nitrogens is 2. The zero-order valence-corrected chi connectivity index (χ0v) is 30.7. The second-order valence-electron chi connectivity index (χ2n) is 12.2. The van der Waals surface area contributed by atoms with Crippen molar-refractivity contribution in [1.29, 1.82) is 0 Å². The molecule has 12 nitrogen and oxygen atoms in total. The predicted molar refractivity (Wildman–Crippen MR) is 201 cm³/mol. The van der Waals surface area contributed by atoms with E-state index < -0.39 is 23.2 Å². The molecule has 14 heteroatoms. The van der Waals surface area contributed by atoms with Crippen LogP contribution in [0.1, 0.15) is 32.8 Å². The van der Waals surface area contributed by atoms with Gasteiger partial charge in [-0.2, -0.15) is 0 Å². The van der Waals surface area contributed by atoms with Crippen molar-refractivity contribution in [3.8, 4) is 22.6 Å². The maximum Gasteiger partial charge on any atom is 0.420 e. The van der Waals surface area contributed by atoms with Crippen molar-refractivity contribution in [2.24, 2.45) is 0 Å². The first-order chi connectivity index (χ1) is 24.1. The van der Waals surface area contributed by atoms with Crippen LogP contribution in [0.25, 0.3) is 22.0 Å². The molecule has 0 radical (unpaired) electrons. The lowest BCUT2D eigenvalue weighted by molar-refractivity contribution is -0.116. The SMILES string of the molecule is C=CC(=O)NCCCn1c(=O)c(-c2c(Cl)c(OC)cc(OC)c2Cl)cc2cnc(N(C(=O)OC(C)(C)C)c3c(C)cccc3NC(=O)C=C)cc21. The van der Waals surface area contributed by atoms with Gasteiger partial charge in [0.1, 0.15) is 22.9 Å². The van der Waals surface area contributed by atoms with Gasteiger partial charge in [-0.3, -0.25) is 14.4 Å². The summed E-state index contributed by atoms with van der Waals surface area (Å²) in [5.41, 5.74) is 0.559. The number of ether oxygens (including phenoxy) is 3. The maximum absolute atomic E-state index is 14.5. The van der Waals surface area contributed by atoms with Crippen LogP contribution in [0.15, 0.2) is 72.7 Å². The molecule has 2 heterocycles. The van der Waals surface area contributed by atoms with E-state index in [4.69, 9.17) is 37.4 Å². The Bertz CT molecular complexity index is 2060. The predicted octanol–water partition coefficient (Wildman–Crippen LogP) is 7.59. The summed E-state index contributed by atoms with van der Waals surface area (Å²) < 4.78 is 18.2. The smallest absolute Gasteiger partial charge is 0.420 e. The van der Waals surface area contributed by atoms with Gasteiger partial charge in [0.05, 0.1) is 46.7 Å². The highest BCUT2D eigenvalue weighted by Gasteiger charge is 2.30. The number of halogens is 2. The van der Waals surface area contributed by atoms with Crippen LogP contribution in [0.2, 0.25) is 10.0 Å². The number of hydrogen-bond donors (Lipinski definition) is 2. The van der Waals surface area contributed by atoms with Crippen LogP contribution >= 0.6 is 23.2 Å². The monoisotopic (exact) mass is 735 g/mol. The van der Waals surface area contributed by atoms with E-state index in [0.29, 0.717) is 34.3 Å². The Kier molecular flexibility index (Phi) is 12.2. The summed E-state index contributed by atoms with van der Waals surface area (Å²) >= 11 is 13.5. The number of nitrogens with one attached hydrogen (secondary N) is 2. The fourth-order valence-electron chi connectivity index (χ4n) is 5.28. The Labute approximate surface area is 305 Å². The van der Waals surface area contributed by atoms with Crippen LogP contribution < -0.4 is 30.6 Å². The first-order valence-corrected chi connectivity index (χ1v) is 16.5. The number of carbonyl (C=O) groups is 3. The van der Waals surface area contributed by atoms with Crippen molar-refractivity contribution in [2.75, 3.05) is 31.0 Å². The number of nitrogens with zero attached hydrogens (tertiary/aromatic N) is 3. The zero-order chi connectivity index (χ0) is 37.6. The van der Waals surface area contributed by atoms with Gasteiger partial charge in [-0.05, 0) is 64.0 Å². The Morgan fingerprint density at radius 2 is 1.65 bits per heavy atom. The van der Waals surface area contributed by atoms with Gasteiger partial charge in [0.25, 0.3) is 5.56 Å². The van der Waals surface area contributed by atoms with Gasteiger partial charge in [0.15, 0.2) is 0 Å². The summed E-state index contributed by atoms with van der Waals surface area (Å²) in [5, 5.41) is 6.15. The molecule has 268 valence electrons. The molecule has 0 spiro atoms. The van der Waals surface area contributed by atoms with Gasteiger partial charge >= 0.3 is 6.09 Å². The molecule has 0 saturated heterocycles. The Morgan fingerprint density at radius 1 is 1.00 bits per heavy atom. The number of rotatable bonds is 12. The van der Waals surface area contributed by atoms with Crippen molar-refractivity contribution in [3.05, 3.63) is 93.9 Å². The number of aryl methyl sites for hydroxylation is 2. The summed E-state index contributed by atoms with van der Waals surface area (Å²) in [6.07, 6.45) is 3.33. The summed E-state index contributed by atoms with van der Waals surface area (Å²) in [7, 11) is 2.86. The van der Waals surface area contributed by atoms with Crippen molar-refractivity contribution in [1.82, 2.24) is 14.9 Å². The standard InChI is InChI=1S/C37H39Cl2N5O7/c1-9-29(45)40-15-12-16-43-25-18-28(44(36(48)51-37(4,5)6)34-21(3)13-11-14-24(34)42-30(46)10-2)41-20-22(25)17-23(35(43)47)31-32(38)26(49-7)19-27(50-8)33(31)39/h9-11,13-14,17-20H,1-2,12,15-16H2,3-8H3,(H,40,45)(H,42,46). The summed E-state index contributed by atoms with van der Waals surface area (Å²) in [6, 6.07) is 9.83. The molecule has 51 heavy (non-hydrogen) atoms. The molecule has 2 N–H and O–H groups in total. The highest BCUT2D eigenvalue weighted by Crippen LogP contribution is 2.46. The van der Waals surface area contributed by atoms with Gasteiger partial charge in [0, 0.05) is 42.4 Å². The first-order valence-electron chi connectivity index (χ1n) is 15.8. The van der Waals surface area contributed by atoms with E-state index in [2.05, 4.69) is 28.8 Å². The number of para-hydroxylation sites is 1. The molecule has 2 aromatic carbocycles. The zero-order valence-electron chi connectivity index (χ0n) is 29.2. The van der Waals surface area contributed by atoms with Crippen LogP contribution in [-0.2, 0) is 20.9 Å². The third kappa shape index (κ3) is 8.53. The van der Waals surface area contributed by atoms with Gasteiger partial charge < -0.3 is 29.4 Å². The van der Waals surface area contributed by atoms with E-state index in [9.17, 15) is 19.2 Å². The van der Waals surface area contributed by atoms with Gasteiger partial charge in [-0.15, -0.1) is 0 Å². The molecule has 0 aliphatic heterocycles. The number of methoxy groups -OCH3 is 2. The van der Waals surface area contributed by atoms with Crippen molar-refractivity contribution < 1.29 is 28.6 Å². The lowest BCUT2D eigenvalue weighted by atomic mass is 10.0. The quantitative estimate of drug-likeness (QED) is 0.112. The molecule has 4 aromatic rings. The van der Waals surface area contributed by atoms with Crippen molar-refractivity contribution >= 4 is 69.2 Å². The number of amides is 3. The third-order valence-electron chi connectivity index (χ3n) is 7.56. The molecular weight excluding hydrogens is 697 g/mol. The lowest BCUT2D eigenvalue weighted by Gasteiger charge is -2.29. The molecule has 3 amide bonds. The average molecular weight is 737 g/mol. The molecular formula is C37H39Cl2N5O7. The fraction of sp³-hybridized carbons (Fsp3) is 0.270.